The van der Waals surface area contributed by atoms with E-state index in [1.54, 1.807) is 26.5 Å². The number of rotatable bonds is 7. The zero-order valence-corrected chi connectivity index (χ0v) is 17.0. The Hall–Kier alpha value is -3.80. The lowest BCUT2D eigenvalue weighted by Crippen LogP contribution is -2.19. The summed E-state index contributed by atoms with van der Waals surface area (Å²) in [5, 5.41) is 6.46. The van der Waals surface area contributed by atoms with Crippen LogP contribution in [0.1, 0.15) is 12.0 Å². The molecule has 0 unspecified atom stereocenters. The zero-order valence-electron chi connectivity index (χ0n) is 17.0. The van der Waals surface area contributed by atoms with Gasteiger partial charge in [0.05, 0.1) is 20.4 Å². The Morgan fingerprint density at radius 2 is 1.60 bits per heavy atom. The van der Waals surface area contributed by atoms with E-state index in [0.717, 1.165) is 16.6 Å². The van der Waals surface area contributed by atoms with Crippen molar-refractivity contribution in [2.24, 2.45) is 5.10 Å². The van der Waals surface area contributed by atoms with Crippen LogP contribution in [0.15, 0.2) is 71.8 Å². The van der Waals surface area contributed by atoms with Crippen LogP contribution >= 0.6 is 0 Å². The molecule has 6 nitrogen and oxygen atoms in total. The minimum atomic E-state index is -0.157. The highest BCUT2D eigenvalue weighted by atomic mass is 16.5. The van der Waals surface area contributed by atoms with Crippen LogP contribution in [0, 0.1) is 0 Å². The number of aryl methyl sites for hydroxylation is 1. The first-order valence-corrected chi connectivity index (χ1v) is 9.72. The molecule has 0 atom stereocenters. The van der Waals surface area contributed by atoms with E-state index in [4.69, 9.17) is 9.47 Å². The van der Waals surface area contributed by atoms with Gasteiger partial charge in [0.15, 0.2) is 11.5 Å². The summed E-state index contributed by atoms with van der Waals surface area (Å²) in [6, 6.07) is 22.0. The summed E-state index contributed by atoms with van der Waals surface area (Å²) in [4.78, 5) is 12.4. The molecule has 4 rings (SSSR count). The third kappa shape index (κ3) is 3.72. The van der Waals surface area contributed by atoms with Gasteiger partial charge in [-0.2, -0.15) is 5.10 Å². The Balaban J connectivity index is 1.47. The van der Waals surface area contributed by atoms with Gasteiger partial charge in [0, 0.05) is 40.3 Å². The molecule has 30 heavy (non-hydrogen) atoms. The van der Waals surface area contributed by atoms with E-state index >= 15 is 0 Å². The Morgan fingerprint density at radius 1 is 0.933 bits per heavy atom. The quantitative estimate of drug-likeness (QED) is 0.370. The number of aromatic nitrogens is 1. The maximum absolute atomic E-state index is 12.4. The Kier molecular flexibility index (Phi) is 5.66. The van der Waals surface area contributed by atoms with Gasteiger partial charge in [-0.3, -0.25) is 4.79 Å². The van der Waals surface area contributed by atoms with Gasteiger partial charge in [0.2, 0.25) is 5.91 Å². The summed E-state index contributed by atoms with van der Waals surface area (Å²) in [5.41, 5.74) is 5.56. The maximum Gasteiger partial charge on any atom is 0.241 e. The number of amides is 1. The maximum atomic E-state index is 12.4. The molecule has 0 saturated carbocycles. The molecule has 3 aromatic carbocycles. The van der Waals surface area contributed by atoms with Gasteiger partial charge in [-0.05, 0) is 24.3 Å². The standard InChI is InChI=1S/C24H23N3O3/c1-29-22-13-7-8-17(24(22)30-2)16-25-26-23(28)14-15-27-20-11-5-3-9-18(20)19-10-4-6-12-21(19)27/h3-13,16H,14-15H2,1-2H3,(H,26,28). The predicted octanol–water partition coefficient (Wildman–Crippen LogP) is 4.35. The van der Waals surface area contributed by atoms with Crippen molar-refractivity contribution in [2.75, 3.05) is 14.2 Å². The first-order chi connectivity index (χ1) is 14.7. The van der Waals surface area contributed by atoms with Crippen molar-refractivity contribution in [1.82, 2.24) is 9.99 Å². The van der Waals surface area contributed by atoms with Crippen molar-refractivity contribution in [1.29, 1.82) is 0 Å². The van der Waals surface area contributed by atoms with Crippen molar-refractivity contribution in [3.05, 3.63) is 72.3 Å². The number of hydrogen-bond acceptors (Lipinski definition) is 4. The summed E-state index contributed by atoms with van der Waals surface area (Å²) < 4.78 is 12.8. The van der Waals surface area contributed by atoms with Gasteiger partial charge in [-0.15, -0.1) is 0 Å². The number of methoxy groups -OCH3 is 2. The minimum absolute atomic E-state index is 0.157. The highest BCUT2D eigenvalue weighted by molar-refractivity contribution is 6.08. The third-order valence-corrected chi connectivity index (χ3v) is 5.07. The van der Waals surface area contributed by atoms with E-state index in [1.807, 2.05) is 36.4 Å². The molecule has 1 amide bonds. The number of carbonyl (C=O) groups is 1. The molecule has 0 saturated heterocycles. The second-order valence-electron chi connectivity index (χ2n) is 6.81. The SMILES string of the molecule is COc1cccc(C=NNC(=O)CCn2c3ccccc3c3ccccc32)c1OC. The summed E-state index contributed by atoms with van der Waals surface area (Å²) in [6.45, 7) is 0.567. The molecule has 0 aliphatic rings. The van der Waals surface area contributed by atoms with Crippen molar-refractivity contribution in [3.63, 3.8) is 0 Å². The van der Waals surface area contributed by atoms with Crippen LogP contribution in [0.3, 0.4) is 0 Å². The van der Waals surface area contributed by atoms with E-state index in [0.29, 0.717) is 24.5 Å². The average Bonchev–Trinajstić information content (AvgIpc) is 3.11. The fourth-order valence-electron chi connectivity index (χ4n) is 3.70. The van der Waals surface area contributed by atoms with Crippen LogP contribution in [-0.4, -0.2) is 30.9 Å². The summed E-state index contributed by atoms with van der Waals surface area (Å²) in [5.74, 6) is 1.03. The molecule has 0 aliphatic carbocycles. The molecular weight excluding hydrogens is 378 g/mol. The lowest BCUT2D eigenvalue weighted by Gasteiger charge is -2.09. The highest BCUT2D eigenvalue weighted by Crippen LogP contribution is 2.30. The molecule has 4 aromatic rings. The van der Waals surface area contributed by atoms with Crippen molar-refractivity contribution in [2.45, 2.75) is 13.0 Å². The zero-order chi connectivity index (χ0) is 20.9. The van der Waals surface area contributed by atoms with Crippen molar-refractivity contribution in [3.8, 4) is 11.5 Å². The van der Waals surface area contributed by atoms with Crippen LogP contribution in [0.25, 0.3) is 21.8 Å². The molecule has 0 radical (unpaired) electrons. The molecule has 1 heterocycles. The predicted molar refractivity (Wildman–Crippen MR) is 119 cm³/mol. The van der Waals surface area contributed by atoms with Crippen LogP contribution in [0.2, 0.25) is 0 Å². The van der Waals surface area contributed by atoms with Crippen LogP contribution in [0.4, 0.5) is 0 Å². The summed E-state index contributed by atoms with van der Waals surface area (Å²) >= 11 is 0. The first kappa shape index (κ1) is 19.5. The summed E-state index contributed by atoms with van der Waals surface area (Å²) in [6.07, 6.45) is 1.87. The van der Waals surface area contributed by atoms with Crippen LogP contribution in [0.5, 0.6) is 11.5 Å². The van der Waals surface area contributed by atoms with E-state index in [9.17, 15) is 4.79 Å². The molecule has 0 bridgehead atoms. The normalized spacial score (nSPS) is 11.3. The number of hydrogen-bond donors (Lipinski definition) is 1. The largest absolute Gasteiger partial charge is 0.493 e. The Morgan fingerprint density at radius 3 is 2.23 bits per heavy atom. The van der Waals surface area contributed by atoms with E-state index in [-0.39, 0.29) is 5.91 Å². The molecule has 0 spiro atoms. The lowest BCUT2D eigenvalue weighted by atomic mass is 10.2. The average molecular weight is 401 g/mol. The summed E-state index contributed by atoms with van der Waals surface area (Å²) in [7, 11) is 3.15. The topological polar surface area (TPSA) is 64.8 Å². The second kappa shape index (κ2) is 8.69. The second-order valence-corrected chi connectivity index (χ2v) is 6.81. The van der Waals surface area contributed by atoms with Crippen molar-refractivity contribution >= 4 is 33.9 Å². The first-order valence-electron chi connectivity index (χ1n) is 9.72. The van der Waals surface area contributed by atoms with Crippen LogP contribution < -0.4 is 14.9 Å². The number of hydrazone groups is 1. The smallest absolute Gasteiger partial charge is 0.241 e. The number of nitrogens with one attached hydrogen (secondary N) is 1. The molecule has 0 aliphatic heterocycles. The third-order valence-electron chi connectivity index (χ3n) is 5.07. The van der Waals surface area contributed by atoms with Crippen LogP contribution in [-0.2, 0) is 11.3 Å². The molecule has 6 heteroatoms. The molecule has 152 valence electrons. The number of para-hydroxylation sites is 3. The fraction of sp³-hybridized carbons (Fsp3) is 0.167. The number of benzene rings is 3. The van der Waals surface area contributed by atoms with E-state index in [2.05, 4.69) is 39.4 Å². The van der Waals surface area contributed by atoms with E-state index < -0.39 is 0 Å². The Labute approximate surface area is 174 Å². The molecule has 1 aromatic heterocycles. The number of ether oxygens (including phenoxy) is 2. The lowest BCUT2D eigenvalue weighted by molar-refractivity contribution is -0.121. The minimum Gasteiger partial charge on any atom is -0.493 e. The number of carbonyl (C=O) groups excluding carboxylic acids is 1. The number of nitrogens with zero attached hydrogens (tertiary/aromatic N) is 2. The monoisotopic (exact) mass is 401 g/mol. The van der Waals surface area contributed by atoms with Gasteiger partial charge in [-0.25, -0.2) is 5.43 Å². The van der Waals surface area contributed by atoms with Gasteiger partial charge >= 0.3 is 0 Å². The number of fused-ring (bicyclic) bond motifs is 3. The highest BCUT2D eigenvalue weighted by Gasteiger charge is 2.11. The molecular formula is C24H23N3O3. The van der Waals surface area contributed by atoms with Gasteiger partial charge in [0.1, 0.15) is 0 Å². The van der Waals surface area contributed by atoms with E-state index in [1.165, 1.54) is 10.8 Å². The molecule has 1 N–H and O–H groups in total. The van der Waals surface area contributed by atoms with Gasteiger partial charge in [-0.1, -0.05) is 42.5 Å². The fourth-order valence-corrected chi connectivity index (χ4v) is 3.70. The van der Waals surface area contributed by atoms with Crippen molar-refractivity contribution < 1.29 is 14.3 Å². The Bertz CT molecular complexity index is 1170. The van der Waals surface area contributed by atoms with Gasteiger partial charge in [0.25, 0.3) is 0 Å². The van der Waals surface area contributed by atoms with Gasteiger partial charge < -0.3 is 14.0 Å². The molecule has 0 fully saturated rings.